The predicted molar refractivity (Wildman–Crippen MR) is 74.6 cm³/mol. The van der Waals surface area contributed by atoms with Crippen molar-refractivity contribution in [2.24, 2.45) is 0 Å². The number of hydrogen-bond donors (Lipinski definition) is 0. The minimum absolute atomic E-state index is 0.212. The van der Waals surface area contributed by atoms with Crippen LogP contribution in [0.4, 0.5) is 0 Å². The number of ether oxygens (including phenoxy) is 1. The fourth-order valence-electron chi connectivity index (χ4n) is 1.82. The SMILES string of the molecule is C=C1CCc2cc(C(C)(C)C)ccc2O1.CC. The topological polar surface area (TPSA) is 9.23 Å². The largest absolute Gasteiger partial charge is 0.462 e. The summed E-state index contributed by atoms with van der Waals surface area (Å²) in [6.07, 6.45) is 2.00. The fourth-order valence-corrected chi connectivity index (χ4v) is 1.82. The molecule has 0 saturated heterocycles. The number of benzene rings is 1. The van der Waals surface area contributed by atoms with E-state index in [1.807, 2.05) is 13.8 Å². The molecule has 1 heteroatoms. The van der Waals surface area contributed by atoms with E-state index in [1.54, 1.807) is 0 Å². The van der Waals surface area contributed by atoms with E-state index in [1.165, 1.54) is 11.1 Å². The van der Waals surface area contributed by atoms with Crippen molar-refractivity contribution in [3.05, 3.63) is 41.7 Å². The first-order valence-corrected chi connectivity index (χ1v) is 6.46. The lowest BCUT2D eigenvalue weighted by atomic mass is 9.85. The summed E-state index contributed by atoms with van der Waals surface area (Å²) >= 11 is 0. The maximum absolute atomic E-state index is 5.60. The van der Waals surface area contributed by atoms with Gasteiger partial charge in [0.25, 0.3) is 0 Å². The van der Waals surface area contributed by atoms with Crippen molar-refractivity contribution in [1.82, 2.24) is 0 Å². The second kappa shape index (κ2) is 5.39. The van der Waals surface area contributed by atoms with E-state index in [2.05, 4.69) is 45.5 Å². The summed E-state index contributed by atoms with van der Waals surface area (Å²) in [5.41, 5.74) is 2.90. The quantitative estimate of drug-likeness (QED) is 0.621. The highest BCUT2D eigenvalue weighted by molar-refractivity contribution is 5.42. The highest BCUT2D eigenvalue weighted by atomic mass is 16.5. The summed E-state index contributed by atoms with van der Waals surface area (Å²) in [5.74, 6) is 1.87. The molecule has 0 fully saturated rings. The summed E-state index contributed by atoms with van der Waals surface area (Å²) in [6, 6.07) is 6.49. The molecule has 2 rings (SSSR count). The number of fused-ring (bicyclic) bond motifs is 1. The molecule has 0 unspecified atom stereocenters. The van der Waals surface area contributed by atoms with Gasteiger partial charge in [-0.15, -0.1) is 0 Å². The monoisotopic (exact) mass is 232 g/mol. The van der Waals surface area contributed by atoms with Gasteiger partial charge in [0.2, 0.25) is 0 Å². The standard InChI is InChI=1S/C14H18O.C2H6/c1-10-5-6-11-9-12(14(2,3)4)7-8-13(11)15-10;1-2/h7-9H,1,5-6H2,2-4H3;1-2H3. The Labute approximate surface area is 106 Å². The predicted octanol–water partition coefficient (Wildman–Crippen LogP) is 4.85. The van der Waals surface area contributed by atoms with Crippen LogP contribution in [-0.2, 0) is 11.8 Å². The maximum atomic E-state index is 5.60. The average molecular weight is 232 g/mol. The summed E-state index contributed by atoms with van der Waals surface area (Å²) in [6.45, 7) is 14.6. The van der Waals surface area contributed by atoms with Crippen LogP contribution in [0.3, 0.4) is 0 Å². The lowest BCUT2D eigenvalue weighted by Crippen LogP contribution is -2.13. The average Bonchev–Trinajstić information content (AvgIpc) is 2.29. The van der Waals surface area contributed by atoms with Crippen molar-refractivity contribution in [1.29, 1.82) is 0 Å². The highest BCUT2D eigenvalue weighted by Gasteiger charge is 2.18. The van der Waals surface area contributed by atoms with Gasteiger partial charge in [0.15, 0.2) is 0 Å². The minimum atomic E-state index is 0.212. The van der Waals surface area contributed by atoms with E-state index in [0.29, 0.717) is 0 Å². The van der Waals surface area contributed by atoms with Gasteiger partial charge in [-0.3, -0.25) is 0 Å². The first-order valence-electron chi connectivity index (χ1n) is 6.46. The molecule has 0 aromatic heterocycles. The van der Waals surface area contributed by atoms with Crippen LogP contribution in [-0.4, -0.2) is 0 Å². The van der Waals surface area contributed by atoms with Crippen LogP contribution in [0.5, 0.6) is 5.75 Å². The Bertz CT molecular complexity index is 396. The van der Waals surface area contributed by atoms with Gasteiger partial charge in [-0.1, -0.05) is 53.3 Å². The molecule has 0 bridgehead atoms. The fraction of sp³-hybridized carbons (Fsp3) is 0.500. The van der Waals surface area contributed by atoms with E-state index in [4.69, 9.17) is 4.74 Å². The third-order valence-electron chi connectivity index (χ3n) is 2.85. The molecule has 1 nitrogen and oxygen atoms in total. The molecule has 1 aromatic rings. The summed E-state index contributed by atoms with van der Waals surface area (Å²) in [5, 5.41) is 0. The van der Waals surface area contributed by atoms with E-state index in [0.717, 1.165) is 24.4 Å². The Morgan fingerprint density at radius 1 is 1.12 bits per heavy atom. The zero-order valence-corrected chi connectivity index (χ0v) is 11.8. The zero-order chi connectivity index (χ0) is 13.1. The molecule has 1 aromatic carbocycles. The summed E-state index contributed by atoms with van der Waals surface area (Å²) in [4.78, 5) is 0. The first-order chi connectivity index (χ1) is 7.97. The van der Waals surface area contributed by atoms with Crippen molar-refractivity contribution in [3.8, 4) is 5.75 Å². The van der Waals surface area contributed by atoms with Gasteiger partial charge in [-0.25, -0.2) is 0 Å². The van der Waals surface area contributed by atoms with Crippen LogP contribution in [0, 0.1) is 0 Å². The van der Waals surface area contributed by atoms with E-state index in [-0.39, 0.29) is 5.41 Å². The van der Waals surface area contributed by atoms with Crippen molar-refractivity contribution >= 4 is 0 Å². The van der Waals surface area contributed by atoms with Gasteiger partial charge in [0.05, 0.1) is 5.76 Å². The van der Waals surface area contributed by atoms with Crippen LogP contribution in [0.15, 0.2) is 30.5 Å². The molecule has 0 radical (unpaired) electrons. The molecule has 0 atom stereocenters. The molecule has 17 heavy (non-hydrogen) atoms. The van der Waals surface area contributed by atoms with Gasteiger partial charge >= 0.3 is 0 Å². The summed E-state index contributed by atoms with van der Waals surface area (Å²) < 4.78 is 5.60. The van der Waals surface area contributed by atoms with E-state index >= 15 is 0 Å². The van der Waals surface area contributed by atoms with E-state index in [9.17, 15) is 0 Å². The Kier molecular flexibility index (Phi) is 4.39. The molecule has 0 amide bonds. The smallest absolute Gasteiger partial charge is 0.130 e. The lowest BCUT2D eigenvalue weighted by Gasteiger charge is -2.24. The second-order valence-electron chi connectivity index (χ2n) is 5.21. The van der Waals surface area contributed by atoms with Gasteiger partial charge in [-0.2, -0.15) is 0 Å². The molecular formula is C16H24O. The number of allylic oxidation sites excluding steroid dienone is 1. The van der Waals surface area contributed by atoms with Crippen LogP contribution >= 0.6 is 0 Å². The van der Waals surface area contributed by atoms with Gasteiger partial charge < -0.3 is 4.74 Å². The molecule has 0 aliphatic carbocycles. The molecule has 0 spiro atoms. The zero-order valence-electron chi connectivity index (χ0n) is 11.8. The van der Waals surface area contributed by atoms with Crippen molar-refractivity contribution in [3.63, 3.8) is 0 Å². The molecule has 1 aliphatic rings. The Balaban J connectivity index is 0.000000686. The van der Waals surface area contributed by atoms with Gasteiger partial charge in [0.1, 0.15) is 5.75 Å². The van der Waals surface area contributed by atoms with Crippen molar-refractivity contribution in [2.75, 3.05) is 0 Å². The van der Waals surface area contributed by atoms with Crippen LogP contribution in [0.25, 0.3) is 0 Å². The number of hydrogen-bond acceptors (Lipinski definition) is 1. The third-order valence-corrected chi connectivity index (χ3v) is 2.85. The van der Waals surface area contributed by atoms with Crippen molar-refractivity contribution < 1.29 is 4.74 Å². The molecule has 0 saturated carbocycles. The Hall–Kier alpha value is -1.24. The van der Waals surface area contributed by atoms with Crippen LogP contribution in [0.1, 0.15) is 52.2 Å². The second-order valence-corrected chi connectivity index (χ2v) is 5.21. The van der Waals surface area contributed by atoms with Crippen LogP contribution in [0.2, 0.25) is 0 Å². The Morgan fingerprint density at radius 3 is 2.35 bits per heavy atom. The van der Waals surface area contributed by atoms with Crippen LogP contribution < -0.4 is 4.74 Å². The summed E-state index contributed by atoms with van der Waals surface area (Å²) in [7, 11) is 0. The molecule has 1 aliphatic heterocycles. The number of rotatable bonds is 0. The highest BCUT2D eigenvalue weighted by Crippen LogP contribution is 2.32. The normalized spacial score (nSPS) is 14.3. The van der Waals surface area contributed by atoms with Crippen molar-refractivity contribution in [2.45, 2.75) is 52.9 Å². The first kappa shape index (κ1) is 13.8. The van der Waals surface area contributed by atoms with E-state index < -0.39 is 0 Å². The molecule has 0 N–H and O–H groups in total. The number of aryl methyl sites for hydroxylation is 1. The lowest BCUT2D eigenvalue weighted by molar-refractivity contribution is 0.380. The third kappa shape index (κ3) is 3.36. The van der Waals surface area contributed by atoms with Gasteiger partial charge in [0, 0.05) is 6.42 Å². The molecular weight excluding hydrogens is 208 g/mol. The maximum Gasteiger partial charge on any atom is 0.130 e. The van der Waals surface area contributed by atoms with Gasteiger partial charge in [-0.05, 0) is 29.0 Å². The Morgan fingerprint density at radius 2 is 1.76 bits per heavy atom. The molecule has 94 valence electrons. The minimum Gasteiger partial charge on any atom is -0.462 e. The molecule has 1 heterocycles.